The van der Waals surface area contributed by atoms with Crippen molar-refractivity contribution in [2.45, 2.75) is 18.9 Å². The van der Waals surface area contributed by atoms with E-state index < -0.39 is 0 Å². The van der Waals surface area contributed by atoms with Crippen LogP contribution in [0.15, 0.2) is 53.0 Å². The quantitative estimate of drug-likeness (QED) is 0.792. The van der Waals surface area contributed by atoms with Gasteiger partial charge in [0.1, 0.15) is 5.75 Å². The number of nitrogens with one attached hydrogen (secondary N) is 1. The van der Waals surface area contributed by atoms with Crippen molar-refractivity contribution in [2.24, 2.45) is 0 Å². The lowest BCUT2D eigenvalue weighted by molar-refractivity contribution is 0.0938. The van der Waals surface area contributed by atoms with E-state index in [1.54, 1.807) is 7.11 Å². The van der Waals surface area contributed by atoms with Crippen molar-refractivity contribution in [1.29, 1.82) is 0 Å². The maximum Gasteiger partial charge on any atom is 0.251 e. The summed E-state index contributed by atoms with van der Waals surface area (Å²) in [6.45, 7) is 2.75. The fourth-order valence-electron chi connectivity index (χ4n) is 3.23. The minimum atomic E-state index is -0.0368. The van der Waals surface area contributed by atoms with Gasteiger partial charge in [-0.3, -0.25) is 9.69 Å². The monoisotopic (exact) mass is 402 g/mol. The van der Waals surface area contributed by atoms with Crippen molar-refractivity contribution in [3.05, 3.63) is 64.1 Å². The molecule has 1 amide bonds. The Bertz CT molecular complexity index is 695. The highest BCUT2D eigenvalue weighted by molar-refractivity contribution is 9.10. The topological polar surface area (TPSA) is 41.6 Å². The molecule has 1 aliphatic rings. The smallest absolute Gasteiger partial charge is 0.251 e. The number of carbonyl (C=O) groups excluding carboxylic acids is 1. The summed E-state index contributed by atoms with van der Waals surface area (Å²) >= 11 is 3.40. The molecule has 4 nitrogen and oxygen atoms in total. The maximum absolute atomic E-state index is 12.4. The lowest BCUT2D eigenvalue weighted by Gasteiger charge is -2.28. The standard InChI is InChI=1S/C20H23BrN2O2/c1-25-18-10-6-15(7-11-18)19(23-12-2-3-13-23)14-22-20(24)16-4-8-17(21)9-5-16/h4-11,19H,2-3,12-14H2,1H3,(H,22,24). The molecule has 0 aliphatic carbocycles. The Morgan fingerprint density at radius 1 is 1.12 bits per heavy atom. The molecule has 0 radical (unpaired) electrons. The summed E-state index contributed by atoms with van der Waals surface area (Å²) in [5, 5.41) is 3.10. The lowest BCUT2D eigenvalue weighted by atomic mass is 10.0. The number of benzene rings is 2. The number of carbonyl (C=O) groups is 1. The van der Waals surface area contributed by atoms with Crippen molar-refractivity contribution < 1.29 is 9.53 Å². The van der Waals surface area contributed by atoms with E-state index in [9.17, 15) is 4.79 Å². The number of methoxy groups -OCH3 is 1. The largest absolute Gasteiger partial charge is 0.497 e. The molecule has 1 heterocycles. The molecule has 1 fully saturated rings. The van der Waals surface area contributed by atoms with Gasteiger partial charge in [0, 0.05) is 16.6 Å². The zero-order valence-electron chi connectivity index (χ0n) is 14.4. The van der Waals surface area contributed by atoms with Gasteiger partial charge in [-0.25, -0.2) is 0 Å². The third-order valence-corrected chi connectivity index (χ3v) is 5.17. The number of nitrogens with zero attached hydrogens (tertiary/aromatic N) is 1. The van der Waals surface area contributed by atoms with E-state index in [2.05, 4.69) is 38.3 Å². The van der Waals surface area contributed by atoms with Crippen LogP contribution < -0.4 is 10.1 Å². The minimum Gasteiger partial charge on any atom is -0.497 e. The second-order valence-electron chi connectivity index (χ2n) is 6.25. The van der Waals surface area contributed by atoms with Crippen LogP contribution in [-0.2, 0) is 0 Å². The molecule has 0 aromatic heterocycles. The van der Waals surface area contributed by atoms with Crippen LogP contribution in [0, 0.1) is 0 Å². The summed E-state index contributed by atoms with van der Waals surface area (Å²) in [6, 6.07) is 15.8. The van der Waals surface area contributed by atoms with Crippen LogP contribution >= 0.6 is 15.9 Å². The van der Waals surface area contributed by atoms with E-state index in [-0.39, 0.29) is 11.9 Å². The molecule has 0 spiro atoms. The fourth-order valence-corrected chi connectivity index (χ4v) is 3.49. The van der Waals surface area contributed by atoms with Gasteiger partial charge in [0.15, 0.2) is 0 Å². The molecule has 2 aromatic carbocycles. The van der Waals surface area contributed by atoms with Crippen LogP contribution in [0.4, 0.5) is 0 Å². The van der Waals surface area contributed by atoms with Gasteiger partial charge in [0.2, 0.25) is 0 Å². The zero-order chi connectivity index (χ0) is 17.6. The van der Waals surface area contributed by atoms with E-state index in [1.807, 2.05) is 36.4 Å². The van der Waals surface area contributed by atoms with Crippen molar-refractivity contribution in [3.63, 3.8) is 0 Å². The number of hydrogen-bond donors (Lipinski definition) is 1. The second-order valence-corrected chi connectivity index (χ2v) is 7.16. The molecule has 1 aliphatic heterocycles. The number of halogens is 1. The van der Waals surface area contributed by atoms with E-state index in [1.165, 1.54) is 18.4 Å². The van der Waals surface area contributed by atoms with E-state index in [0.29, 0.717) is 12.1 Å². The summed E-state index contributed by atoms with van der Waals surface area (Å²) < 4.78 is 6.22. The molecule has 1 unspecified atom stereocenters. The molecular weight excluding hydrogens is 380 g/mol. The first-order chi connectivity index (χ1) is 12.2. The highest BCUT2D eigenvalue weighted by Gasteiger charge is 2.24. The Labute approximate surface area is 157 Å². The number of amides is 1. The van der Waals surface area contributed by atoms with Crippen molar-refractivity contribution in [1.82, 2.24) is 10.2 Å². The number of likely N-dealkylation sites (tertiary alicyclic amines) is 1. The Morgan fingerprint density at radius 3 is 2.36 bits per heavy atom. The molecule has 1 N–H and O–H groups in total. The van der Waals surface area contributed by atoms with Gasteiger partial charge < -0.3 is 10.1 Å². The van der Waals surface area contributed by atoms with Crippen molar-refractivity contribution >= 4 is 21.8 Å². The van der Waals surface area contributed by atoms with Gasteiger partial charge in [-0.05, 0) is 67.9 Å². The third-order valence-electron chi connectivity index (χ3n) is 4.64. The first kappa shape index (κ1) is 18.0. The van der Waals surface area contributed by atoms with Crippen LogP contribution in [0.3, 0.4) is 0 Å². The van der Waals surface area contributed by atoms with Crippen LogP contribution in [0.1, 0.15) is 34.8 Å². The Morgan fingerprint density at radius 2 is 1.76 bits per heavy atom. The Hall–Kier alpha value is -1.85. The Balaban J connectivity index is 1.70. The van der Waals surface area contributed by atoms with Gasteiger partial charge in [-0.15, -0.1) is 0 Å². The average molecular weight is 403 g/mol. The molecule has 3 rings (SSSR count). The lowest BCUT2D eigenvalue weighted by Crippen LogP contribution is -2.36. The van der Waals surface area contributed by atoms with Gasteiger partial charge in [-0.2, -0.15) is 0 Å². The molecule has 1 saturated heterocycles. The molecule has 2 aromatic rings. The number of hydrogen-bond acceptors (Lipinski definition) is 3. The highest BCUT2D eigenvalue weighted by atomic mass is 79.9. The first-order valence-corrected chi connectivity index (χ1v) is 9.38. The Kier molecular flexibility index (Phi) is 6.10. The molecule has 0 bridgehead atoms. The normalized spacial score (nSPS) is 15.8. The van der Waals surface area contributed by atoms with Crippen LogP contribution in [0.5, 0.6) is 5.75 Å². The summed E-state index contributed by atoms with van der Waals surface area (Å²) in [5.74, 6) is 0.813. The van der Waals surface area contributed by atoms with Crippen LogP contribution in [-0.4, -0.2) is 37.6 Å². The SMILES string of the molecule is COc1ccc(C(CNC(=O)c2ccc(Br)cc2)N2CCCC2)cc1. The average Bonchev–Trinajstić information content (AvgIpc) is 3.17. The van der Waals surface area contributed by atoms with Crippen LogP contribution in [0.25, 0.3) is 0 Å². The van der Waals surface area contributed by atoms with Gasteiger partial charge >= 0.3 is 0 Å². The van der Waals surface area contributed by atoms with Crippen molar-refractivity contribution in [3.8, 4) is 5.75 Å². The van der Waals surface area contributed by atoms with Gasteiger partial charge in [0.05, 0.1) is 13.2 Å². The molecule has 1 atom stereocenters. The highest BCUT2D eigenvalue weighted by Crippen LogP contribution is 2.26. The zero-order valence-corrected chi connectivity index (χ0v) is 16.0. The van der Waals surface area contributed by atoms with E-state index in [0.717, 1.165) is 23.3 Å². The fraction of sp³-hybridized carbons (Fsp3) is 0.350. The third kappa shape index (κ3) is 4.61. The van der Waals surface area contributed by atoms with Crippen LogP contribution in [0.2, 0.25) is 0 Å². The predicted molar refractivity (Wildman–Crippen MR) is 103 cm³/mol. The summed E-state index contributed by atoms with van der Waals surface area (Å²) in [6.07, 6.45) is 2.43. The maximum atomic E-state index is 12.4. The summed E-state index contributed by atoms with van der Waals surface area (Å²) in [7, 11) is 1.67. The number of ether oxygens (including phenoxy) is 1. The predicted octanol–water partition coefficient (Wildman–Crippen LogP) is 4.02. The summed E-state index contributed by atoms with van der Waals surface area (Å²) in [4.78, 5) is 14.9. The van der Waals surface area contributed by atoms with Gasteiger partial charge in [0.25, 0.3) is 5.91 Å². The molecule has 0 saturated carbocycles. The van der Waals surface area contributed by atoms with Crippen molar-refractivity contribution in [2.75, 3.05) is 26.7 Å². The minimum absolute atomic E-state index is 0.0368. The summed E-state index contributed by atoms with van der Waals surface area (Å²) in [5.41, 5.74) is 1.89. The number of rotatable bonds is 6. The molecule has 25 heavy (non-hydrogen) atoms. The first-order valence-electron chi connectivity index (χ1n) is 8.59. The van der Waals surface area contributed by atoms with Gasteiger partial charge in [-0.1, -0.05) is 28.1 Å². The second kappa shape index (κ2) is 8.50. The van der Waals surface area contributed by atoms with E-state index >= 15 is 0 Å². The van der Waals surface area contributed by atoms with E-state index in [4.69, 9.17) is 4.74 Å². The molecule has 5 heteroatoms. The molecule has 132 valence electrons. The molecular formula is C20H23BrN2O2.